The van der Waals surface area contributed by atoms with Crippen LogP contribution in [0.25, 0.3) is 0 Å². The molecule has 0 radical (unpaired) electrons. The van der Waals surface area contributed by atoms with E-state index in [9.17, 15) is 12.8 Å². The molecule has 1 N–H and O–H groups in total. The largest absolute Gasteiger partial charge is 0.240 e. The van der Waals surface area contributed by atoms with Crippen LogP contribution < -0.4 is 4.72 Å². The van der Waals surface area contributed by atoms with Crippen molar-refractivity contribution in [2.24, 2.45) is 0 Å². The maximum absolute atomic E-state index is 13.2. The van der Waals surface area contributed by atoms with Gasteiger partial charge in [-0.25, -0.2) is 17.5 Å². The Morgan fingerprint density at radius 3 is 2.58 bits per heavy atom. The first-order valence-corrected chi connectivity index (χ1v) is 10.6. The van der Waals surface area contributed by atoms with Crippen LogP contribution in [0.1, 0.15) is 42.5 Å². The highest BCUT2D eigenvalue weighted by Crippen LogP contribution is 2.41. The van der Waals surface area contributed by atoms with Crippen LogP contribution in [0.5, 0.6) is 0 Å². The van der Waals surface area contributed by atoms with Gasteiger partial charge in [0, 0.05) is 16.8 Å². The summed E-state index contributed by atoms with van der Waals surface area (Å²) in [5.41, 5.74) is 0.310. The molecule has 1 saturated carbocycles. The van der Waals surface area contributed by atoms with Crippen LogP contribution in [-0.4, -0.2) is 15.0 Å². The highest BCUT2D eigenvalue weighted by molar-refractivity contribution is 7.89. The lowest BCUT2D eigenvalue weighted by atomic mass is 9.73. The van der Waals surface area contributed by atoms with Crippen LogP contribution in [0.2, 0.25) is 0 Å². The van der Waals surface area contributed by atoms with E-state index in [1.807, 2.05) is 11.4 Å². The Balaban J connectivity index is 1.84. The Bertz CT molecular complexity index is 794. The molecule has 1 aromatic heterocycles. The molecule has 3 nitrogen and oxygen atoms in total. The summed E-state index contributed by atoms with van der Waals surface area (Å²) in [6.07, 6.45) is 5.44. The predicted molar refractivity (Wildman–Crippen MR) is 95.4 cm³/mol. The van der Waals surface area contributed by atoms with Crippen LogP contribution in [0.3, 0.4) is 0 Å². The summed E-state index contributed by atoms with van der Waals surface area (Å²) in [5.74, 6) is -0.422. The fourth-order valence-electron chi connectivity index (χ4n) is 3.54. The van der Waals surface area contributed by atoms with E-state index in [4.69, 9.17) is 0 Å². The second-order valence-electron chi connectivity index (χ2n) is 6.55. The Hall–Kier alpha value is -1.24. The van der Waals surface area contributed by atoms with Gasteiger partial charge in [0.05, 0.1) is 4.90 Å². The number of sulfonamides is 1. The standard InChI is InChI=1S/C18H22FNO2S2/c1-14-12-15(19)7-8-16(14)24(21,22)20-13-18(9-3-2-4-10-18)17-6-5-11-23-17/h5-8,11-12,20H,2-4,9-10,13H2,1H3. The van der Waals surface area contributed by atoms with Gasteiger partial charge in [-0.05, 0) is 55.0 Å². The summed E-state index contributed by atoms with van der Waals surface area (Å²) in [6, 6.07) is 7.91. The zero-order chi connectivity index (χ0) is 17.2. The van der Waals surface area contributed by atoms with Gasteiger partial charge < -0.3 is 0 Å². The second kappa shape index (κ2) is 6.94. The van der Waals surface area contributed by atoms with Crippen molar-refractivity contribution in [3.63, 3.8) is 0 Å². The SMILES string of the molecule is Cc1cc(F)ccc1S(=O)(=O)NCC1(c2cccs2)CCCCC1. The minimum Gasteiger partial charge on any atom is -0.210 e. The van der Waals surface area contributed by atoms with Crippen molar-refractivity contribution >= 4 is 21.4 Å². The normalized spacial score (nSPS) is 17.8. The zero-order valence-corrected chi connectivity index (χ0v) is 15.4. The molecule has 0 saturated heterocycles. The van der Waals surface area contributed by atoms with E-state index in [0.29, 0.717) is 12.1 Å². The highest BCUT2D eigenvalue weighted by Gasteiger charge is 2.36. The van der Waals surface area contributed by atoms with Gasteiger partial charge in [0.2, 0.25) is 10.0 Å². The summed E-state index contributed by atoms with van der Waals surface area (Å²) in [5, 5.41) is 2.05. The first kappa shape index (κ1) is 17.6. The monoisotopic (exact) mass is 367 g/mol. The van der Waals surface area contributed by atoms with Gasteiger partial charge in [0.1, 0.15) is 5.82 Å². The van der Waals surface area contributed by atoms with Crippen LogP contribution >= 0.6 is 11.3 Å². The average molecular weight is 368 g/mol. The fourth-order valence-corrected chi connectivity index (χ4v) is 5.88. The molecule has 0 amide bonds. The molecule has 0 aliphatic heterocycles. The summed E-state index contributed by atoms with van der Waals surface area (Å²) >= 11 is 1.70. The third-order valence-corrected chi connectivity index (χ3v) is 7.56. The first-order valence-electron chi connectivity index (χ1n) is 8.23. The molecule has 1 fully saturated rings. The van der Waals surface area contributed by atoms with Crippen LogP contribution in [0, 0.1) is 12.7 Å². The number of hydrogen-bond acceptors (Lipinski definition) is 3. The minimum atomic E-state index is -3.65. The summed E-state index contributed by atoms with van der Waals surface area (Å²) in [4.78, 5) is 1.40. The minimum absolute atomic E-state index is 0.118. The van der Waals surface area contributed by atoms with Crippen LogP contribution in [0.4, 0.5) is 4.39 Å². The van der Waals surface area contributed by atoms with Gasteiger partial charge in [-0.2, -0.15) is 0 Å². The lowest BCUT2D eigenvalue weighted by Crippen LogP contribution is -2.41. The van der Waals surface area contributed by atoms with E-state index in [2.05, 4.69) is 10.8 Å². The molecule has 0 spiro atoms. The Labute approximate surface area is 147 Å². The van der Waals surface area contributed by atoms with Gasteiger partial charge in [-0.15, -0.1) is 11.3 Å². The van der Waals surface area contributed by atoms with Gasteiger partial charge in [-0.1, -0.05) is 25.3 Å². The van der Waals surface area contributed by atoms with Crippen molar-refractivity contribution in [2.75, 3.05) is 6.54 Å². The number of halogens is 1. The van der Waals surface area contributed by atoms with Crippen molar-refractivity contribution in [3.8, 4) is 0 Å². The molecule has 0 bridgehead atoms. The number of hydrogen-bond donors (Lipinski definition) is 1. The molecule has 1 aliphatic rings. The quantitative estimate of drug-likeness (QED) is 0.853. The Morgan fingerprint density at radius 2 is 1.96 bits per heavy atom. The van der Waals surface area contributed by atoms with E-state index in [1.54, 1.807) is 18.3 Å². The molecular weight excluding hydrogens is 345 g/mol. The lowest BCUT2D eigenvalue weighted by Gasteiger charge is -2.36. The van der Waals surface area contributed by atoms with Gasteiger partial charge >= 0.3 is 0 Å². The molecule has 24 heavy (non-hydrogen) atoms. The third kappa shape index (κ3) is 3.55. The topological polar surface area (TPSA) is 46.2 Å². The molecule has 6 heteroatoms. The third-order valence-electron chi connectivity index (χ3n) is 4.88. The van der Waals surface area contributed by atoms with Crippen molar-refractivity contribution in [1.82, 2.24) is 4.72 Å². The Morgan fingerprint density at radius 1 is 1.21 bits per heavy atom. The molecular formula is C18H22FNO2S2. The maximum Gasteiger partial charge on any atom is 0.240 e. The smallest absolute Gasteiger partial charge is 0.210 e. The molecule has 1 heterocycles. The van der Waals surface area contributed by atoms with Crippen molar-refractivity contribution in [3.05, 3.63) is 52.0 Å². The zero-order valence-electron chi connectivity index (χ0n) is 13.7. The van der Waals surface area contributed by atoms with Gasteiger partial charge in [0.15, 0.2) is 0 Å². The number of thiophene rings is 1. The molecule has 2 aromatic rings. The molecule has 130 valence electrons. The molecule has 1 aromatic carbocycles. The number of rotatable bonds is 5. The van der Waals surface area contributed by atoms with E-state index < -0.39 is 15.8 Å². The molecule has 0 atom stereocenters. The summed E-state index contributed by atoms with van der Waals surface area (Å²) < 4.78 is 41.4. The number of benzene rings is 1. The second-order valence-corrected chi connectivity index (χ2v) is 9.24. The lowest BCUT2D eigenvalue weighted by molar-refractivity contribution is 0.298. The van der Waals surface area contributed by atoms with Crippen molar-refractivity contribution in [2.45, 2.75) is 49.3 Å². The highest BCUT2D eigenvalue weighted by atomic mass is 32.2. The van der Waals surface area contributed by atoms with Gasteiger partial charge in [-0.3, -0.25) is 0 Å². The molecule has 3 rings (SSSR count). The van der Waals surface area contributed by atoms with Crippen LogP contribution in [0.15, 0.2) is 40.6 Å². The number of aryl methyl sites for hydroxylation is 1. The van der Waals surface area contributed by atoms with E-state index in [1.165, 1.54) is 29.5 Å². The fraction of sp³-hybridized carbons (Fsp3) is 0.444. The summed E-state index contributed by atoms with van der Waals surface area (Å²) in [7, 11) is -3.65. The Kier molecular flexibility index (Phi) is 5.08. The first-order chi connectivity index (χ1) is 11.4. The molecule has 1 aliphatic carbocycles. The van der Waals surface area contributed by atoms with Crippen molar-refractivity contribution < 1.29 is 12.8 Å². The molecule has 0 unspecified atom stereocenters. The predicted octanol–water partition coefficient (Wildman–Crippen LogP) is 4.38. The average Bonchev–Trinajstić information content (AvgIpc) is 3.09. The maximum atomic E-state index is 13.2. The summed E-state index contributed by atoms with van der Waals surface area (Å²) in [6.45, 7) is 2.01. The van der Waals surface area contributed by atoms with Gasteiger partial charge in [0.25, 0.3) is 0 Å². The van der Waals surface area contributed by atoms with Crippen LogP contribution in [-0.2, 0) is 15.4 Å². The van der Waals surface area contributed by atoms with E-state index in [-0.39, 0.29) is 10.3 Å². The van der Waals surface area contributed by atoms with E-state index >= 15 is 0 Å². The van der Waals surface area contributed by atoms with Crippen molar-refractivity contribution in [1.29, 1.82) is 0 Å². The van der Waals surface area contributed by atoms with E-state index in [0.717, 1.165) is 25.7 Å². The number of nitrogens with one attached hydrogen (secondary N) is 1.